The summed E-state index contributed by atoms with van der Waals surface area (Å²) in [5, 5.41) is 4.20. The maximum atomic E-state index is 11.9. The fourth-order valence-electron chi connectivity index (χ4n) is 1.78. The Bertz CT molecular complexity index is 758. The summed E-state index contributed by atoms with van der Waals surface area (Å²) in [5.74, 6) is 1.30. The van der Waals surface area contributed by atoms with Crippen LogP contribution in [-0.2, 0) is 32.2 Å². The monoisotopic (exact) mass is 420 g/mol. The summed E-state index contributed by atoms with van der Waals surface area (Å²) in [4.78, 5) is 4.17. The summed E-state index contributed by atoms with van der Waals surface area (Å²) < 4.78 is 31.6. The first-order chi connectivity index (χ1) is 10.8. The first kappa shape index (κ1) is 18.4. The molecule has 0 atom stereocenters. The van der Waals surface area contributed by atoms with Gasteiger partial charge in [0.2, 0.25) is 15.0 Å². The van der Waals surface area contributed by atoms with Gasteiger partial charge in [0.25, 0.3) is 0 Å². The summed E-state index contributed by atoms with van der Waals surface area (Å²) in [7, 11) is -3.20. The van der Waals surface area contributed by atoms with Gasteiger partial charge in [-0.2, -0.15) is 4.98 Å². The first-order valence-corrected chi connectivity index (χ1v) is 11.7. The SMILES string of the molecule is C[S+](C)CCOCn1nc(-c2ccc(Br)cc2)nc1S(C)(=O)=O. The molecule has 1 aromatic carbocycles. The van der Waals surface area contributed by atoms with Gasteiger partial charge in [-0.1, -0.05) is 28.1 Å². The van der Waals surface area contributed by atoms with Gasteiger partial charge in [-0.3, -0.25) is 0 Å². The average Bonchev–Trinajstić information content (AvgIpc) is 2.88. The maximum absolute atomic E-state index is 11.9. The second-order valence-corrected chi connectivity index (χ2v) is 10.4. The van der Waals surface area contributed by atoms with Crippen molar-refractivity contribution >= 4 is 36.7 Å². The van der Waals surface area contributed by atoms with Crippen LogP contribution in [0.15, 0.2) is 33.9 Å². The number of ether oxygens (including phenoxy) is 1. The van der Waals surface area contributed by atoms with Crippen LogP contribution in [0.25, 0.3) is 11.4 Å². The van der Waals surface area contributed by atoms with Crippen molar-refractivity contribution in [1.82, 2.24) is 14.8 Å². The van der Waals surface area contributed by atoms with E-state index < -0.39 is 9.84 Å². The molecule has 1 heterocycles. The highest BCUT2D eigenvalue weighted by Gasteiger charge is 2.20. The molecule has 1 aromatic heterocycles. The minimum Gasteiger partial charge on any atom is -0.354 e. The summed E-state index contributed by atoms with van der Waals surface area (Å²) in [6.45, 7) is 0.635. The van der Waals surface area contributed by atoms with Gasteiger partial charge in [-0.25, -0.2) is 13.1 Å². The zero-order valence-corrected chi connectivity index (χ0v) is 16.4. The van der Waals surface area contributed by atoms with E-state index in [4.69, 9.17) is 4.74 Å². The van der Waals surface area contributed by atoms with Gasteiger partial charge in [0.05, 0.1) is 19.1 Å². The van der Waals surface area contributed by atoms with Gasteiger partial charge in [0, 0.05) is 16.3 Å². The zero-order valence-electron chi connectivity index (χ0n) is 13.2. The Morgan fingerprint density at radius 2 is 1.91 bits per heavy atom. The molecule has 2 rings (SSSR count). The van der Waals surface area contributed by atoms with E-state index in [1.54, 1.807) is 0 Å². The van der Waals surface area contributed by atoms with Gasteiger partial charge in [0.15, 0.2) is 5.82 Å². The molecule has 2 aromatic rings. The Balaban J connectivity index is 2.24. The Kier molecular flexibility index (Phi) is 6.24. The van der Waals surface area contributed by atoms with Crippen molar-refractivity contribution in [2.24, 2.45) is 0 Å². The Labute approximate surface area is 147 Å². The lowest BCUT2D eigenvalue weighted by Gasteiger charge is -2.05. The van der Waals surface area contributed by atoms with Crippen molar-refractivity contribution < 1.29 is 13.2 Å². The van der Waals surface area contributed by atoms with E-state index in [1.165, 1.54) is 4.68 Å². The van der Waals surface area contributed by atoms with Crippen molar-refractivity contribution in [3.8, 4) is 11.4 Å². The van der Waals surface area contributed by atoms with Gasteiger partial charge in [-0.15, -0.1) is 5.10 Å². The Morgan fingerprint density at radius 3 is 2.48 bits per heavy atom. The topological polar surface area (TPSA) is 74.1 Å². The third kappa shape index (κ3) is 5.30. The van der Waals surface area contributed by atoms with E-state index in [2.05, 4.69) is 38.5 Å². The Hall–Kier alpha value is -0.900. The van der Waals surface area contributed by atoms with Crippen LogP contribution in [0.4, 0.5) is 0 Å². The van der Waals surface area contributed by atoms with E-state index in [-0.39, 0.29) is 22.8 Å². The third-order valence-electron chi connectivity index (χ3n) is 2.92. The molecule has 0 saturated carbocycles. The standard InChI is InChI=1S/C14H19BrN3O3S2/c1-22(2)9-8-21-10-18-14(23(3,19)20)16-13(17-18)11-4-6-12(15)7-5-11/h4-7H,8-10H2,1-3H3/q+1. The number of aromatic nitrogens is 3. The Morgan fingerprint density at radius 1 is 1.26 bits per heavy atom. The number of benzene rings is 1. The molecule has 0 aliphatic carbocycles. The molecular weight excluding hydrogens is 402 g/mol. The van der Waals surface area contributed by atoms with E-state index in [1.807, 2.05) is 24.3 Å². The normalized spacial score (nSPS) is 12.0. The summed E-state index contributed by atoms with van der Waals surface area (Å²) in [6, 6.07) is 7.37. The van der Waals surface area contributed by atoms with Gasteiger partial charge in [0.1, 0.15) is 12.5 Å². The summed E-state index contributed by atoms with van der Waals surface area (Å²) >= 11 is 3.36. The molecule has 0 fully saturated rings. The third-order valence-corrected chi connectivity index (χ3v) is 5.40. The van der Waals surface area contributed by atoms with E-state index in [9.17, 15) is 8.42 Å². The molecule has 126 valence electrons. The maximum Gasteiger partial charge on any atom is 0.248 e. The lowest BCUT2D eigenvalue weighted by Crippen LogP contribution is -2.15. The minimum absolute atomic E-state index is 0.0726. The molecule has 6 nitrogen and oxygen atoms in total. The molecule has 23 heavy (non-hydrogen) atoms. The zero-order chi connectivity index (χ0) is 17.0. The lowest BCUT2D eigenvalue weighted by atomic mass is 10.2. The molecule has 0 unspecified atom stereocenters. The summed E-state index contributed by atoms with van der Waals surface area (Å²) in [5.41, 5.74) is 0.750. The number of hydrogen-bond acceptors (Lipinski definition) is 5. The predicted molar refractivity (Wildman–Crippen MR) is 96.3 cm³/mol. The van der Waals surface area contributed by atoms with Crippen LogP contribution >= 0.6 is 15.9 Å². The highest BCUT2D eigenvalue weighted by atomic mass is 79.9. The van der Waals surface area contributed by atoms with Crippen LogP contribution < -0.4 is 0 Å². The van der Waals surface area contributed by atoms with Crippen LogP contribution in [0, 0.1) is 0 Å². The van der Waals surface area contributed by atoms with Crippen LogP contribution in [0.2, 0.25) is 0 Å². The van der Waals surface area contributed by atoms with Gasteiger partial charge < -0.3 is 4.74 Å². The second-order valence-electron chi connectivity index (χ2n) is 5.22. The van der Waals surface area contributed by atoms with Crippen molar-refractivity contribution in [1.29, 1.82) is 0 Å². The van der Waals surface area contributed by atoms with Crippen molar-refractivity contribution in [2.75, 3.05) is 31.1 Å². The van der Waals surface area contributed by atoms with Gasteiger partial charge >= 0.3 is 0 Å². The largest absolute Gasteiger partial charge is 0.354 e. The second kappa shape index (κ2) is 7.78. The fraction of sp³-hybridized carbons (Fsp3) is 0.429. The molecule has 0 spiro atoms. The first-order valence-electron chi connectivity index (χ1n) is 6.80. The molecule has 0 aliphatic rings. The van der Waals surface area contributed by atoms with Crippen LogP contribution in [0.3, 0.4) is 0 Å². The molecule has 0 radical (unpaired) electrons. The molecule has 0 aliphatic heterocycles. The average molecular weight is 421 g/mol. The smallest absolute Gasteiger partial charge is 0.248 e. The lowest BCUT2D eigenvalue weighted by molar-refractivity contribution is 0.0738. The highest BCUT2D eigenvalue weighted by molar-refractivity contribution is 9.10. The van der Waals surface area contributed by atoms with Gasteiger partial charge in [-0.05, 0) is 23.0 Å². The van der Waals surface area contributed by atoms with Crippen LogP contribution in [0.1, 0.15) is 0 Å². The molecule has 0 saturated heterocycles. The number of halogens is 1. The number of sulfone groups is 1. The van der Waals surface area contributed by atoms with Crippen LogP contribution in [-0.4, -0.2) is 54.3 Å². The highest BCUT2D eigenvalue weighted by Crippen LogP contribution is 2.20. The summed E-state index contributed by atoms with van der Waals surface area (Å²) in [6.07, 6.45) is 5.38. The molecular formula is C14H19BrN3O3S2+. The quantitative estimate of drug-likeness (QED) is 0.505. The molecule has 0 amide bonds. The van der Waals surface area contributed by atoms with Crippen molar-refractivity contribution in [3.05, 3.63) is 28.7 Å². The van der Waals surface area contributed by atoms with Crippen molar-refractivity contribution in [2.45, 2.75) is 11.9 Å². The number of nitrogens with zero attached hydrogens (tertiary/aromatic N) is 3. The number of rotatable bonds is 7. The van der Waals surface area contributed by atoms with E-state index >= 15 is 0 Å². The fourth-order valence-corrected chi connectivity index (χ4v) is 3.23. The minimum atomic E-state index is -3.48. The van der Waals surface area contributed by atoms with E-state index in [0.717, 1.165) is 22.0 Å². The van der Waals surface area contributed by atoms with Crippen molar-refractivity contribution in [3.63, 3.8) is 0 Å². The van der Waals surface area contributed by atoms with Crippen LogP contribution in [0.5, 0.6) is 0 Å². The molecule has 0 bridgehead atoms. The number of hydrogen-bond donors (Lipinski definition) is 0. The van der Waals surface area contributed by atoms with E-state index in [0.29, 0.717) is 12.4 Å². The molecule has 9 heteroatoms. The predicted octanol–water partition coefficient (Wildman–Crippen LogP) is 1.96. The molecule has 0 N–H and O–H groups in total.